The van der Waals surface area contributed by atoms with Crippen LogP contribution in [0.2, 0.25) is 0 Å². The molecule has 2 heterocycles. The van der Waals surface area contributed by atoms with Crippen LogP contribution in [0.5, 0.6) is 0 Å². The third-order valence-corrected chi connectivity index (χ3v) is 3.85. The molecule has 2 aliphatic heterocycles. The summed E-state index contributed by atoms with van der Waals surface area (Å²) in [6.07, 6.45) is 0. The highest BCUT2D eigenvalue weighted by molar-refractivity contribution is 4.96. The van der Waals surface area contributed by atoms with Crippen molar-refractivity contribution in [2.75, 3.05) is 33.2 Å². The van der Waals surface area contributed by atoms with Crippen molar-refractivity contribution < 1.29 is 0 Å². The molecule has 2 rings (SSSR count). The summed E-state index contributed by atoms with van der Waals surface area (Å²) in [7, 11) is 2.22. The monoisotopic (exact) mass is 197 g/mol. The fourth-order valence-corrected chi connectivity index (χ4v) is 2.96. The molecule has 2 N–H and O–H groups in total. The lowest BCUT2D eigenvalue weighted by molar-refractivity contribution is 0.0101. The van der Waals surface area contributed by atoms with E-state index in [4.69, 9.17) is 5.73 Å². The van der Waals surface area contributed by atoms with E-state index in [-0.39, 0.29) is 0 Å². The van der Waals surface area contributed by atoms with Crippen LogP contribution < -0.4 is 5.73 Å². The Balaban J connectivity index is 2.05. The molecular formula is C11H23N3. The zero-order chi connectivity index (χ0) is 10.3. The van der Waals surface area contributed by atoms with Crippen molar-refractivity contribution in [3.63, 3.8) is 0 Å². The van der Waals surface area contributed by atoms with Gasteiger partial charge in [-0.05, 0) is 32.7 Å². The molecule has 0 aliphatic carbocycles. The fraction of sp³-hybridized carbons (Fsp3) is 1.00. The van der Waals surface area contributed by atoms with Crippen LogP contribution >= 0.6 is 0 Å². The van der Waals surface area contributed by atoms with Gasteiger partial charge in [0.05, 0.1) is 0 Å². The minimum absolute atomic E-state index is 0.446. The number of likely N-dealkylation sites (tertiary alicyclic amines) is 2. The molecule has 2 aliphatic rings. The lowest BCUT2D eigenvalue weighted by Crippen LogP contribution is -2.63. The molecule has 14 heavy (non-hydrogen) atoms. The molecule has 2 bridgehead atoms. The molecule has 3 nitrogen and oxygen atoms in total. The Labute approximate surface area is 87.2 Å². The zero-order valence-corrected chi connectivity index (χ0v) is 9.61. The van der Waals surface area contributed by atoms with Gasteiger partial charge in [0.2, 0.25) is 0 Å². The summed E-state index contributed by atoms with van der Waals surface area (Å²) >= 11 is 0. The molecule has 0 aromatic rings. The summed E-state index contributed by atoms with van der Waals surface area (Å²) in [5.41, 5.74) is 6.26. The maximum Gasteiger partial charge on any atom is 0.0145 e. The maximum absolute atomic E-state index is 6.26. The van der Waals surface area contributed by atoms with Gasteiger partial charge in [0.1, 0.15) is 0 Å². The predicted molar refractivity (Wildman–Crippen MR) is 59.2 cm³/mol. The van der Waals surface area contributed by atoms with E-state index in [9.17, 15) is 0 Å². The molecule has 0 aromatic carbocycles. The largest absolute Gasteiger partial charge is 0.327 e. The average molecular weight is 197 g/mol. The maximum atomic E-state index is 6.26. The van der Waals surface area contributed by atoms with Gasteiger partial charge in [0, 0.05) is 38.3 Å². The summed E-state index contributed by atoms with van der Waals surface area (Å²) in [6.45, 7) is 9.33. The van der Waals surface area contributed by atoms with Crippen LogP contribution in [-0.2, 0) is 0 Å². The van der Waals surface area contributed by atoms with Crippen molar-refractivity contribution >= 4 is 0 Å². The van der Waals surface area contributed by atoms with Crippen molar-refractivity contribution in [2.24, 2.45) is 17.6 Å². The molecule has 2 unspecified atom stereocenters. The first-order chi connectivity index (χ1) is 6.58. The number of fused-ring (bicyclic) bond motifs is 2. The van der Waals surface area contributed by atoms with Gasteiger partial charge in [-0.2, -0.15) is 0 Å². The Bertz CT molecular complexity index is 189. The second-order valence-electron chi connectivity index (χ2n) is 5.37. The molecule has 82 valence electrons. The summed E-state index contributed by atoms with van der Waals surface area (Å²) < 4.78 is 0. The van der Waals surface area contributed by atoms with E-state index in [1.54, 1.807) is 0 Å². The number of hydrogen-bond acceptors (Lipinski definition) is 3. The van der Waals surface area contributed by atoms with Gasteiger partial charge < -0.3 is 15.5 Å². The minimum Gasteiger partial charge on any atom is -0.327 e. The standard InChI is InChI=1S/C11H23N3/c1-8(2)14-6-9-4-13(3)5-10(7-14)11(9)12/h8-11H,4-7,12H2,1-3H3. The van der Waals surface area contributed by atoms with Crippen LogP contribution in [0.15, 0.2) is 0 Å². The first-order valence-electron chi connectivity index (χ1n) is 5.76. The van der Waals surface area contributed by atoms with Crippen molar-refractivity contribution in [1.82, 2.24) is 9.80 Å². The van der Waals surface area contributed by atoms with E-state index in [1.807, 2.05) is 0 Å². The van der Waals surface area contributed by atoms with Crippen molar-refractivity contribution in [1.29, 1.82) is 0 Å². The van der Waals surface area contributed by atoms with Crippen LogP contribution in [0.1, 0.15) is 13.8 Å². The van der Waals surface area contributed by atoms with E-state index in [1.165, 1.54) is 26.2 Å². The molecule has 0 spiro atoms. The highest BCUT2D eigenvalue weighted by atomic mass is 15.2. The molecular weight excluding hydrogens is 174 g/mol. The highest BCUT2D eigenvalue weighted by Crippen LogP contribution is 2.27. The first-order valence-corrected chi connectivity index (χ1v) is 5.76. The number of nitrogens with zero attached hydrogens (tertiary/aromatic N) is 2. The smallest absolute Gasteiger partial charge is 0.0145 e. The van der Waals surface area contributed by atoms with Crippen LogP contribution in [0.25, 0.3) is 0 Å². The Hall–Kier alpha value is -0.120. The molecule has 2 saturated heterocycles. The van der Waals surface area contributed by atoms with Crippen molar-refractivity contribution in [3.05, 3.63) is 0 Å². The topological polar surface area (TPSA) is 32.5 Å². The van der Waals surface area contributed by atoms with Gasteiger partial charge in [-0.1, -0.05) is 0 Å². The first kappa shape index (κ1) is 10.4. The molecule has 0 radical (unpaired) electrons. The van der Waals surface area contributed by atoms with Crippen LogP contribution in [0.4, 0.5) is 0 Å². The van der Waals surface area contributed by atoms with Crippen molar-refractivity contribution in [2.45, 2.75) is 25.9 Å². The van der Waals surface area contributed by atoms with E-state index in [2.05, 4.69) is 30.7 Å². The fourth-order valence-electron chi connectivity index (χ4n) is 2.96. The Morgan fingerprint density at radius 3 is 2.00 bits per heavy atom. The van der Waals surface area contributed by atoms with E-state index in [0.717, 1.165) is 0 Å². The lowest BCUT2D eigenvalue weighted by atomic mass is 9.80. The number of hydrogen-bond donors (Lipinski definition) is 1. The number of nitrogens with two attached hydrogens (primary N) is 1. The summed E-state index contributed by atoms with van der Waals surface area (Å²) in [4.78, 5) is 5.03. The molecule has 2 atom stereocenters. The summed E-state index contributed by atoms with van der Waals surface area (Å²) in [6, 6.07) is 1.12. The Morgan fingerprint density at radius 2 is 1.57 bits per heavy atom. The molecule has 2 fully saturated rings. The quantitative estimate of drug-likeness (QED) is 0.652. The average Bonchev–Trinajstić information content (AvgIpc) is 2.06. The Morgan fingerprint density at radius 1 is 1.07 bits per heavy atom. The molecule has 0 amide bonds. The lowest BCUT2D eigenvalue weighted by Gasteiger charge is -2.50. The van der Waals surface area contributed by atoms with Crippen LogP contribution in [-0.4, -0.2) is 55.1 Å². The van der Waals surface area contributed by atoms with Gasteiger partial charge >= 0.3 is 0 Å². The molecule has 3 heteroatoms. The normalized spacial score (nSPS) is 40.5. The van der Waals surface area contributed by atoms with Crippen molar-refractivity contribution in [3.8, 4) is 0 Å². The van der Waals surface area contributed by atoms with Gasteiger partial charge in [0.25, 0.3) is 0 Å². The minimum atomic E-state index is 0.446. The molecule has 0 saturated carbocycles. The highest BCUT2D eigenvalue weighted by Gasteiger charge is 2.39. The van der Waals surface area contributed by atoms with Gasteiger partial charge in [0.15, 0.2) is 0 Å². The summed E-state index contributed by atoms with van der Waals surface area (Å²) in [5.74, 6) is 1.38. The van der Waals surface area contributed by atoms with E-state index < -0.39 is 0 Å². The second-order valence-corrected chi connectivity index (χ2v) is 5.37. The van der Waals surface area contributed by atoms with E-state index >= 15 is 0 Å². The second kappa shape index (κ2) is 3.80. The number of rotatable bonds is 1. The predicted octanol–water partition coefficient (Wildman–Crippen LogP) is 0.216. The van der Waals surface area contributed by atoms with Crippen LogP contribution in [0, 0.1) is 11.8 Å². The third kappa shape index (κ3) is 1.81. The zero-order valence-electron chi connectivity index (χ0n) is 9.61. The van der Waals surface area contributed by atoms with Crippen LogP contribution in [0.3, 0.4) is 0 Å². The Kier molecular flexibility index (Phi) is 2.82. The number of piperidine rings is 2. The summed E-state index contributed by atoms with van der Waals surface area (Å²) in [5, 5.41) is 0. The SMILES string of the molecule is CC(C)N1CC2CN(C)CC(C1)C2N. The van der Waals surface area contributed by atoms with Gasteiger partial charge in [-0.15, -0.1) is 0 Å². The molecule has 0 aromatic heterocycles. The van der Waals surface area contributed by atoms with Gasteiger partial charge in [-0.25, -0.2) is 0 Å². The third-order valence-electron chi connectivity index (χ3n) is 3.85. The van der Waals surface area contributed by atoms with E-state index in [0.29, 0.717) is 23.9 Å². The van der Waals surface area contributed by atoms with Gasteiger partial charge in [-0.3, -0.25) is 0 Å².